The van der Waals surface area contributed by atoms with E-state index in [0.29, 0.717) is 6.61 Å². The molecule has 16 heavy (non-hydrogen) atoms. The maximum absolute atomic E-state index is 10.3. The summed E-state index contributed by atoms with van der Waals surface area (Å²) in [5, 5.41) is 8.70. The van der Waals surface area contributed by atoms with Gasteiger partial charge in [0.25, 0.3) is 0 Å². The first kappa shape index (κ1) is 15.4. The Hall–Kier alpha value is -0.613. The lowest BCUT2D eigenvalue weighted by Gasteiger charge is -2.36. The van der Waals surface area contributed by atoms with Gasteiger partial charge in [-0.25, -0.2) is 4.79 Å². The second-order valence-electron chi connectivity index (χ2n) is 5.75. The van der Waals surface area contributed by atoms with E-state index in [1.807, 2.05) is 6.92 Å². The molecule has 0 heterocycles. The minimum Gasteiger partial charge on any atom is -0.478 e. The van der Waals surface area contributed by atoms with Gasteiger partial charge in [-0.2, -0.15) is 0 Å². The highest BCUT2D eigenvalue weighted by molar-refractivity contribution is 6.74. The molecule has 94 valence electrons. The van der Waals surface area contributed by atoms with Gasteiger partial charge in [-0.3, -0.25) is 0 Å². The van der Waals surface area contributed by atoms with Gasteiger partial charge in [-0.15, -0.1) is 0 Å². The second kappa shape index (κ2) is 5.64. The topological polar surface area (TPSA) is 46.5 Å². The third-order valence-electron chi connectivity index (χ3n) is 3.08. The Balaban J connectivity index is 4.20. The van der Waals surface area contributed by atoms with Crippen LogP contribution in [0.15, 0.2) is 12.2 Å². The van der Waals surface area contributed by atoms with Crippen LogP contribution >= 0.6 is 0 Å². The first-order valence-electron chi connectivity index (χ1n) is 5.61. The van der Waals surface area contributed by atoms with Gasteiger partial charge in [0, 0.05) is 12.7 Å². The van der Waals surface area contributed by atoms with E-state index in [9.17, 15) is 4.79 Å². The maximum atomic E-state index is 10.3. The number of hydrogen-bond donors (Lipinski definition) is 1. The summed E-state index contributed by atoms with van der Waals surface area (Å²) in [7, 11) is -1.71. The maximum Gasteiger partial charge on any atom is 0.327 e. The zero-order valence-corrected chi connectivity index (χ0v) is 12.2. The van der Waals surface area contributed by atoms with Crippen molar-refractivity contribution in [3.8, 4) is 0 Å². The van der Waals surface area contributed by atoms with Crippen molar-refractivity contribution in [2.75, 3.05) is 6.61 Å². The third kappa shape index (κ3) is 5.46. The number of rotatable bonds is 5. The largest absolute Gasteiger partial charge is 0.478 e. The van der Waals surface area contributed by atoms with Crippen molar-refractivity contribution in [2.45, 2.75) is 45.8 Å². The molecule has 0 bridgehead atoms. The number of carbonyl (C=O) groups is 1. The molecule has 0 amide bonds. The first-order valence-corrected chi connectivity index (χ1v) is 8.52. The summed E-state index contributed by atoms with van der Waals surface area (Å²) in [6, 6.07) is 0. The van der Waals surface area contributed by atoms with Crippen LogP contribution in [0.2, 0.25) is 18.1 Å². The lowest BCUT2D eigenvalue weighted by atomic mass is 10.2. The molecule has 0 saturated heterocycles. The SMILES string of the molecule is C[C@@H](/C=C/C(=O)O)CO[Si](C)(C)C(C)(C)C. The lowest BCUT2D eigenvalue weighted by molar-refractivity contribution is -0.131. The van der Waals surface area contributed by atoms with Gasteiger partial charge in [-0.1, -0.05) is 33.8 Å². The van der Waals surface area contributed by atoms with Crippen LogP contribution in [0, 0.1) is 5.92 Å². The minimum absolute atomic E-state index is 0.144. The average molecular weight is 244 g/mol. The molecular weight excluding hydrogens is 220 g/mol. The van der Waals surface area contributed by atoms with Crippen molar-refractivity contribution in [2.24, 2.45) is 5.92 Å². The first-order chi connectivity index (χ1) is 7.06. The van der Waals surface area contributed by atoms with E-state index in [0.717, 1.165) is 0 Å². The smallest absolute Gasteiger partial charge is 0.327 e. The fourth-order valence-electron chi connectivity index (χ4n) is 0.858. The van der Waals surface area contributed by atoms with Crippen LogP contribution in [0.25, 0.3) is 0 Å². The van der Waals surface area contributed by atoms with Crippen molar-refractivity contribution in [1.29, 1.82) is 0 Å². The molecular formula is C12H24O3Si. The molecule has 0 rings (SSSR count). The predicted molar refractivity (Wildman–Crippen MR) is 69.1 cm³/mol. The molecule has 0 aliphatic carbocycles. The highest BCUT2D eigenvalue weighted by Gasteiger charge is 2.37. The molecule has 3 nitrogen and oxygen atoms in total. The molecule has 0 aromatic heterocycles. The Labute approximate surface area is 99.6 Å². The van der Waals surface area contributed by atoms with Crippen molar-refractivity contribution in [3.05, 3.63) is 12.2 Å². The molecule has 1 atom stereocenters. The third-order valence-corrected chi connectivity index (χ3v) is 7.58. The molecule has 0 fully saturated rings. The Morgan fingerprint density at radius 2 is 1.94 bits per heavy atom. The average Bonchev–Trinajstić information content (AvgIpc) is 2.09. The monoisotopic (exact) mass is 244 g/mol. The summed E-state index contributed by atoms with van der Waals surface area (Å²) < 4.78 is 5.98. The highest BCUT2D eigenvalue weighted by atomic mass is 28.4. The number of aliphatic carboxylic acids is 1. The molecule has 1 N–H and O–H groups in total. The standard InChI is InChI=1S/C12H24O3Si/c1-10(7-8-11(13)14)9-15-16(5,6)12(2,3)4/h7-8,10H,9H2,1-6H3,(H,13,14)/b8-7+/t10-/m0/s1. The Bertz CT molecular complexity index is 264. The highest BCUT2D eigenvalue weighted by Crippen LogP contribution is 2.36. The van der Waals surface area contributed by atoms with E-state index >= 15 is 0 Å². The fourth-order valence-corrected chi connectivity index (χ4v) is 1.97. The van der Waals surface area contributed by atoms with Crippen molar-refractivity contribution >= 4 is 14.3 Å². The van der Waals surface area contributed by atoms with E-state index in [2.05, 4.69) is 33.9 Å². The van der Waals surface area contributed by atoms with E-state index < -0.39 is 14.3 Å². The zero-order valence-electron chi connectivity index (χ0n) is 11.2. The fraction of sp³-hybridized carbons (Fsp3) is 0.750. The zero-order chi connectivity index (χ0) is 13.0. The van der Waals surface area contributed by atoms with Gasteiger partial charge < -0.3 is 9.53 Å². The van der Waals surface area contributed by atoms with Crippen molar-refractivity contribution in [1.82, 2.24) is 0 Å². The molecule has 0 spiro atoms. The van der Waals surface area contributed by atoms with Crippen LogP contribution in [-0.2, 0) is 9.22 Å². The van der Waals surface area contributed by atoms with Gasteiger partial charge in [0.05, 0.1) is 0 Å². The van der Waals surface area contributed by atoms with Gasteiger partial charge in [0.2, 0.25) is 0 Å². The van der Waals surface area contributed by atoms with Crippen LogP contribution in [0.4, 0.5) is 0 Å². The summed E-state index contributed by atoms with van der Waals surface area (Å²) in [6.07, 6.45) is 2.86. The normalized spacial score (nSPS) is 15.4. The summed E-state index contributed by atoms with van der Waals surface area (Å²) in [4.78, 5) is 10.3. The van der Waals surface area contributed by atoms with Crippen LogP contribution in [-0.4, -0.2) is 26.0 Å². The Morgan fingerprint density at radius 1 is 1.44 bits per heavy atom. The lowest BCUT2D eigenvalue weighted by Crippen LogP contribution is -2.41. The number of carboxylic acids is 1. The quantitative estimate of drug-likeness (QED) is 0.596. The Morgan fingerprint density at radius 3 is 2.31 bits per heavy atom. The summed E-state index contributed by atoms with van der Waals surface area (Å²) >= 11 is 0. The van der Waals surface area contributed by atoms with Gasteiger partial charge in [-0.05, 0) is 24.1 Å². The van der Waals surface area contributed by atoms with Gasteiger partial charge in [0.15, 0.2) is 8.32 Å². The molecule has 0 radical (unpaired) electrons. The van der Waals surface area contributed by atoms with Crippen LogP contribution in [0.3, 0.4) is 0 Å². The predicted octanol–water partition coefficient (Wildman–Crippen LogP) is 3.29. The minimum atomic E-state index is -1.71. The summed E-state index contributed by atoms with van der Waals surface area (Å²) in [5.74, 6) is -0.760. The van der Waals surface area contributed by atoms with E-state index in [-0.39, 0.29) is 11.0 Å². The summed E-state index contributed by atoms with van der Waals surface area (Å²) in [6.45, 7) is 13.5. The molecule has 0 aliphatic heterocycles. The molecule has 0 aliphatic rings. The second-order valence-corrected chi connectivity index (χ2v) is 10.6. The molecule has 0 saturated carbocycles. The van der Waals surface area contributed by atoms with E-state index in [4.69, 9.17) is 9.53 Å². The van der Waals surface area contributed by atoms with Crippen LogP contribution < -0.4 is 0 Å². The van der Waals surface area contributed by atoms with Gasteiger partial charge >= 0.3 is 5.97 Å². The molecule has 0 aromatic carbocycles. The van der Waals surface area contributed by atoms with E-state index in [1.165, 1.54) is 6.08 Å². The Kier molecular flexibility index (Phi) is 5.42. The molecule has 0 aromatic rings. The van der Waals surface area contributed by atoms with Crippen LogP contribution in [0.5, 0.6) is 0 Å². The van der Waals surface area contributed by atoms with Gasteiger partial charge in [0.1, 0.15) is 0 Å². The van der Waals surface area contributed by atoms with E-state index in [1.54, 1.807) is 6.08 Å². The number of hydrogen-bond acceptors (Lipinski definition) is 2. The molecule has 4 heteroatoms. The molecule has 0 unspecified atom stereocenters. The van der Waals surface area contributed by atoms with Crippen molar-refractivity contribution in [3.63, 3.8) is 0 Å². The summed E-state index contributed by atoms with van der Waals surface area (Å²) in [5.41, 5.74) is 0. The number of carboxylic acid groups (broad SMARTS) is 1. The van der Waals surface area contributed by atoms with Crippen LogP contribution in [0.1, 0.15) is 27.7 Å². The van der Waals surface area contributed by atoms with Crippen molar-refractivity contribution < 1.29 is 14.3 Å².